The van der Waals surface area contributed by atoms with E-state index in [1.165, 1.54) is 5.56 Å². The Bertz CT molecular complexity index is 520. The fraction of sp³-hybridized carbons (Fsp3) is 0.357. The summed E-state index contributed by atoms with van der Waals surface area (Å²) in [7, 11) is 1.68. The lowest BCUT2D eigenvalue weighted by molar-refractivity contribution is 0.416. The molecule has 0 atom stereocenters. The van der Waals surface area contributed by atoms with Gasteiger partial charge in [-0.15, -0.1) is 0 Å². The maximum atomic E-state index is 5.34. The third-order valence-electron chi connectivity index (χ3n) is 2.93. The Morgan fingerprint density at radius 2 is 2.22 bits per heavy atom. The van der Waals surface area contributed by atoms with Crippen molar-refractivity contribution in [2.45, 2.75) is 26.9 Å². The molecule has 2 aromatic rings. The molecule has 1 N–H and O–H groups in total. The number of imidazole rings is 1. The van der Waals surface area contributed by atoms with Gasteiger partial charge in [-0.3, -0.25) is 0 Å². The minimum absolute atomic E-state index is 0.695. The third-order valence-corrected chi connectivity index (χ3v) is 2.93. The van der Waals surface area contributed by atoms with Crippen molar-refractivity contribution >= 4 is 5.69 Å². The van der Waals surface area contributed by atoms with Gasteiger partial charge in [-0.05, 0) is 31.5 Å². The molecule has 0 saturated carbocycles. The zero-order valence-corrected chi connectivity index (χ0v) is 11.1. The Morgan fingerprint density at radius 1 is 1.39 bits per heavy atom. The second-order valence-corrected chi connectivity index (χ2v) is 4.19. The van der Waals surface area contributed by atoms with Gasteiger partial charge >= 0.3 is 0 Å². The number of nitrogens with one attached hydrogen (secondary N) is 1. The molecule has 0 aliphatic heterocycles. The highest BCUT2D eigenvalue weighted by molar-refractivity contribution is 5.57. The summed E-state index contributed by atoms with van der Waals surface area (Å²) in [5.41, 5.74) is 2.21. The van der Waals surface area contributed by atoms with E-state index < -0.39 is 0 Å². The smallest absolute Gasteiger partial charge is 0.141 e. The van der Waals surface area contributed by atoms with Gasteiger partial charge in [0.15, 0.2) is 0 Å². The van der Waals surface area contributed by atoms with Gasteiger partial charge in [0.05, 0.1) is 19.3 Å². The topological polar surface area (TPSA) is 39.1 Å². The summed E-state index contributed by atoms with van der Waals surface area (Å²) in [5.74, 6) is 1.89. The van der Waals surface area contributed by atoms with E-state index in [1.54, 1.807) is 7.11 Å². The van der Waals surface area contributed by atoms with Crippen molar-refractivity contribution in [3.05, 3.63) is 42.0 Å². The van der Waals surface area contributed by atoms with Crippen molar-refractivity contribution in [3.8, 4) is 5.75 Å². The van der Waals surface area contributed by atoms with Crippen LogP contribution in [0, 0.1) is 6.92 Å². The van der Waals surface area contributed by atoms with Crippen molar-refractivity contribution < 1.29 is 4.74 Å². The number of benzene rings is 1. The van der Waals surface area contributed by atoms with Crippen LogP contribution < -0.4 is 10.1 Å². The maximum absolute atomic E-state index is 5.34. The number of hydrogen-bond donors (Lipinski definition) is 1. The van der Waals surface area contributed by atoms with E-state index in [2.05, 4.69) is 34.8 Å². The molecule has 18 heavy (non-hydrogen) atoms. The van der Waals surface area contributed by atoms with Gasteiger partial charge in [0, 0.05) is 18.9 Å². The zero-order valence-electron chi connectivity index (χ0n) is 11.1. The summed E-state index contributed by atoms with van der Waals surface area (Å²) < 4.78 is 7.46. The molecule has 0 amide bonds. The van der Waals surface area contributed by atoms with E-state index in [0.717, 1.165) is 23.8 Å². The number of ether oxygens (including phenoxy) is 1. The number of aromatic nitrogens is 2. The average Bonchev–Trinajstić information content (AvgIpc) is 2.84. The van der Waals surface area contributed by atoms with E-state index >= 15 is 0 Å². The molecule has 0 unspecified atom stereocenters. The van der Waals surface area contributed by atoms with Crippen LogP contribution in [0.5, 0.6) is 5.75 Å². The molecule has 1 aromatic carbocycles. The Balaban J connectivity index is 2.12. The average molecular weight is 245 g/mol. The largest absolute Gasteiger partial charge is 0.495 e. The van der Waals surface area contributed by atoms with Gasteiger partial charge < -0.3 is 14.6 Å². The molecule has 2 rings (SSSR count). The number of methoxy groups -OCH3 is 1. The molecule has 0 fully saturated rings. The number of anilines is 1. The lowest BCUT2D eigenvalue weighted by Gasteiger charge is -2.12. The molecule has 1 heterocycles. The van der Waals surface area contributed by atoms with Gasteiger partial charge in [0.1, 0.15) is 11.6 Å². The summed E-state index contributed by atoms with van der Waals surface area (Å²) in [4.78, 5) is 4.34. The summed E-state index contributed by atoms with van der Waals surface area (Å²) in [6.45, 7) is 5.80. The van der Waals surface area contributed by atoms with Gasteiger partial charge in [0.2, 0.25) is 0 Å². The van der Waals surface area contributed by atoms with E-state index in [-0.39, 0.29) is 0 Å². The quantitative estimate of drug-likeness (QED) is 0.880. The maximum Gasteiger partial charge on any atom is 0.141 e. The molecule has 1 aromatic heterocycles. The van der Waals surface area contributed by atoms with Crippen LogP contribution in [0.25, 0.3) is 0 Å². The predicted octanol–water partition coefficient (Wildman–Crippen LogP) is 2.83. The summed E-state index contributed by atoms with van der Waals surface area (Å²) >= 11 is 0. The van der Waals surface area contributed by atoms with Crippen molar-refractivity contribution in [1.29, 1.82) is 0 Å². The highest BCUT2D eigenvalue weighted by atomic mass is 16.5. The third kappa shape index (κ3) is 2.64. The molecule has 0 bridgehead atoms. The van der Waals surface area contributed by atoms with Crippen LogP contribution >= 0.6 is 0 Å². The highest BCUT2D eigenvalue weighted by Gasteiger charge is 2.05. The first-order valence-corrected chi connectivity index (χ1v) is 6.13. The molecule has 4 nitrogen and oxygen atoms in total. The van der Waals surface area contributed by atoms with E-state index in [0.29, 0.717) is 6.54 Å². The second-order valence-electron chi connectivity index (χ2n) is 4.19. The minimum atomic E-state index is 0.695. The van der Waals surface area contributed by atoms with Gasteiger partial charge in [-0.2, -0.15) is 0 Å². The first-order valence-electron chi connectivity index (χ1n) is 6.13. The van der Waals surface area contributed by atoms with E-state index in [1.807, 2.05) is 24.5 Å². The number of aryl methyl sites for hydroxylation is 2. The number of rotatable bonds is 5. The van der Waals surface area contributed by atoms with Crippen LogP contribution in [0.1, 0.15) is 18.3 Å². The summed E-state index contributed by atoms with van der Waals surface area (Å²) in [6.07, 6.45) is 3.82. The Hall–Kier alpha value is -1.97. The highest BCUT2D eigenvalue weighted by Crippen LogP contribution is 2.25. The predicted molar refractivity (Wildman–Crippen MR) is 73.0 cm³/mol. The standard InChI is InChI=1S/C14H19N3O/c1-4-17-8-7-15-14(17)10-16-12-9-11(2)5-6-13(12)18-3/h5-9,16H,4,10H2,1-3H3. The van der Waals surface area contributed by atoms with E-state index in [9.17, 15) is 0 Å². The van der Waals surface area contributed by atoms with Crippen molar-refractivity contribution in [2.75, 3.05) is 12.4 Å². The molecule has 0 spiro atoms. The Labute approximate surface area is 108 Å². The van der Waals surface area contributed by atoms with Gasteiger partial charge in [0.25, 0.3) is 0 Å². The molecule has 0 aliphatic rings. The summed E-state index contributed by atoms with van der Waals surface area (Å²) in [5, 5.41) is 3.37. The monoisotopic (exact) mass is 245 g/mol. The molecule has 4 heteroatoms. The van der Waals surface area contributed by atoms with Crippen LogP contribution in [0.3, 0.4) is 0 Å². The van der Waals surface area contributed by atoms with Crippen molar-refractivity contribution in [3.63, 3.8) is 0 Å². The fourth-order valence-electron chi connectivity index (χ4n) is 1.93. The normalized spacial score (nSPS) is 10.4. The molecule has 96 valence electrons. The molecular weight excluding hydrogens is 226 g/mol. The van der Waals surface area contributed by atoms with Crippen LogP contribution in [0.4, 0.5) is 5.69 Å². The van der Waals surface area contributed by atoms with Crippen molar-refractivity contribution in [2.24, 2.45) is 0 Å². The number of nitrogens with zero attached hydrogens (tertiary/aromatic N) is 2. The molecular formula is C14H19N3O. The zero-order chi connectivity index (χ0) is 13.0. The Kier molecular flexibility index (Phi) is 3.87. The van der Waals surface area contributed by atoms with Crippen LogP contribution in [-0.4, -0.2) is 16.7 Å². The Morgan fingerprint density at radius 3 is 2.94 bits per heavy atom. The molecule has 0 saturated heterocycles. The second kappa shape index (κ2) is 5.58. The van der Waals surface area contributed by atoms with E-state index in [4.69, 9.17) is 4.74 Å². The first kappa shape index (κ1) is 12.5. The van der Waals surface area contributed by atoms with Gasteiger partial charge in [-0.25, -0.2) is 4.98 Å². The van der Waals surface area contributed by atoms with Crippen LogP contribution in [0.15, 0.2) is 30.6 Å². The lowest BCUT2D eigenvalue weighted by atomic mass is 10.2. The molecule has 0 aliphatic carbocycles. The molecule has 0 radical (unpaired) electrons. The van der Waals surface area contributed by atoms with Crippen LogP contribution in [-0.2, 0) is 13.1 Å². The summed E-state index contributed by atoms with van der Waals surface area (Å²) in [6, 6.07) is 6.10. The lowest BCUT2D eigenvalue weighted by Crippen LogP contribution is -2.08. The SMILES string of the molecule is CCn1ccnc1CNc1cc(C)ccc1OC. The fourth-order valence-corrected chi connectivity index (χ4v) is 1.93. The van der Waals surface area contributed by atoms with Crippen molar-refractivity contribution in [1.82, 2.24) is 9.55 Å². The minimum Gasteiger partial charge on any atom is -0.495 e. The van der Waals surface area contributed by atoms with Crippen LogP contribution in [0.2, 0.25) is 0 Å². The number of hydrogen-bond acceptors (Lipinski definition) is 3. The first-order chi connectivity index (χ1) is 8.74. The van der Waals surface area contributed by atoms with Gasteiger partial charge in [-0.1, -0.05) is 6.07 Å².